The third-order valence-electron chi connectivity index (χ3n) is 1.79. The molecular formula is C11H9NO2S. The molecule has 0 unspecified atom stereocenters. The fourth-order valence-electron chi connectivity index (χ4n) is 1.09. The molecule has 0 aliphatic heterocycles. The molecule has 0 aliphatic carbocycles. The Balaban J connectivity index is 2.11. The van der Waals surface area contributed by atoms with Gasteiger partial charge in [0.2, 0.25) is 0 Å². The van der Waals surface area contributed by atoms with Crippen molar-refractivity contribution in [3.05, 3.63) is 47.0 Å². The first kappa shape index (κ1) is 9.86. The van der Waals surface area contributed by atoms with Gasteiger partial charge in [0.1, 0.15) is 0 Å². The molecule has 0 spiro atoms. The summed E-state index contributed by atoms with van der Waals surface area (Å²) >= 11 is 1.36. The van der Waals surface area contributed by atoms with Gasteiger partial charge < -0.3 is 4.74 Å². The van der Waals surface area contributed by atoms with E-state index >= 15 is 0 Å². The van der Waals surface area contributed by atoms with Gasteiger partial charge in [-0.25, -0.2) is 9.78 Å². The van der Waals surface area contributed by atoms with Crippen LogP contribution in [0.5, 0.6) is 5.19 Å². The first-order valence-electron chi connectivity index (χ1n) is 4.45. The van der Waals surface area contributed by atoms with Crippen LogP contribution in [0, 0.1) is 6.92 Å². The molecule has 15 heavy (non-hydrogen) atoms. The van der Waals surface area contributed by atoms with Crippen LogP contribution in [0.4, 0.5) is 0 Å². The molecule has 1 aromatic carbocycles. The number of thiazole rings is 1. The van der Waals surface area contributed by atoms with E-state index in [0.29, 0.717) is 10.8 Å². The number of rotatable bonds is 2. The van der Waals surface area contributed by atoms with Gasteiger partial charge in [0, 0.05) is 11.1 Å². The van der Waals surface area contributed by atoms with Crippen LogP contribution in [0.1, 0.15) is 15.2 Å². The van der Waals surface area contributed by atoms with E-state index in [9.17, 15) is 4.79 Å². The summed E-state index contributed by atoms with van der Waals surface area (Å²) in [5.41, 5.74) is 0.533. The average Bonchev–Trinajstić information content (AvgIpc) is 2.65. The van der Waals surface area contributed by atoms with Gasteiger partial charge in [0.25, 0.3) is 5.19 Å². The minimum atomic E-state index is -0.370. The van der Waals surface area contributed by atoms with Crippen molar-refractivity contribution in [1.82, 2.24) is 4.98 Å². The van der Waals surface area contributed by atoms with Crippen molar-refractivity contribution in [3.63, 3.8) is 0 Å². The zero-order chi connectivity index (χ0) is 10.7. The van der Waals surface area contributed by atoms with Gasteiger partial charge >= 0.3 is 5.97 Å². The summed E-state index contributed by atoms with van der Waals surface area (Å²) < 4.78 is 5.09. The van der Waals surface area contributed by atoms with Crippen molar-refractivity contribution in [1.29, 1.82) is 0 Å². The van der Waals surface area contributed by atoms with Crippen LogP contribution in [0.15, 0.2) is 36.5 Å². The Bertz CT molecular complexity index is 464. The molecule has 0 aliphatic rings. The molecule has 2 aromatic rings. The lowest BCUT2D eigenvalue weighted by Gasteiger charge is -1.98. The predicted octanol–water partition coefficient (Wildman–Crippen LogP) is 2.67. The Morgan fingerprint density at radius 3 is 2.67 bits per heavy atom. The zero-order valence-electron chi connectivity index (χ0n) is 8.14. The number of aromatic nitrogens is 1. The topological polar surface area (TPSA) is 39.2 Å². The summed E-state index contributed by atoms with van der Waals surface area (Å²) in [6.07, 6.45) is 1.68. The maximum Gasteiger partial charge on any atom is 0.345 e. The molecule has 2 rings (SSSR count). The summed E-state index contributed by atoms with van der Waals surface area (Å²) in [5.74, 6) is -0.370. The highest BCUT2D eigenvalue weighted by molar-refractivity contribution is 7.13. The summed E-state index contributed by atoms with van der Waals surface area (Å²) in [7, 11) is 0. The van der Waals surface area contributed by atoms with Gasteiger partial charge in [0.15, 0.2) is 0 Å². The number of esters is 1. The van der Waals surface area contributed by atoms with Gasteiger partial charge in [-0.1, -0.05) is 29.5 Å². The molecule has 1 aromatic heterocycles. The summed E-state index contributed by atoms with van der Waals surface area (Å²) in [4.78, 5) is 16.5. The predicted molar refractivity (Wildman–Crippen MR) is 58.3 cm³/mol. The van der Waals surface area contributed by atoms with E-state index in [1.807, 2.05) is 13.0 Å². The molecule has 0 radical (unpaired) electrons. The Kier molecular flexibility index (Phi) is 2.78. The number of benzene rings is 1. The van der Waals surface area contributed by atoms with E-state index < -0.39 is 0 Å². The molecule has 4 heteroatoms. The van der Waals surface area contributed by atoms with Crippen LogP contribution >= 0.6 is 11.3 Å². The molecule has 1 heterocycles. The largest absolute Gasteiger partial charge is 0.394 e. The smallest absolute Gasteiger partial charge is 0.345 e. The highest BCUT2D eigenvalue weighted by Gasteiger charge is 2.09. The standard InChI is InChI=1S/C11H9NO2S/c1-8-7-12-11(15-8)14-10(13)9-5-3-2-4-6-9/h2-7H,1H3. The summed E-state index contributed by atoms with van der Waals surface area (Å²) in [5, 5.41) is 0.390. The quantitative estimate of drug-likeness (QED) is 0.729. The van der Waals surface area contributed by atoms with Crippen molar-refractivity contribution >= 4 is 17.3 Å². The van der Waals surface area contributed by atoms with Crippen LogP contribution in [0.25, 0.3) is 0 Å². The molecule has 0 fully saturated rings. The molecular weight excluding hydrogens is 210 g/mol. The second-order valence-electron chi connectivity index (χ2n) is 2.99. The maximum absolute atomic E-state index is 11.6. The number of hydrogen-bond acceptors (Lipinski definition) is 4. The van der Waals surface area contributed by atoms with Gasteiger partial charge in [0.05, 0.1) is 5.56 Å². The zero-order valence-corrected chi connectivity index (χ0v) is 8.95. The highest BCUT2D eigenvalue weighted by atomic mass is 32.1. The maximum atomic E-state index is 11.6. The number of aryl methyl sites for hydroxylation is 1. The number of carbonyl (C=O) groups excluding carboxylic acids is 1. The van der Waals surface area contributed by atoms with Crippen LogP contribution in [0.2, 0.25) is 0 Å². The van der Waals surface area contributed by atoms with Crippen molar-refractivity contribution in [3.8, 4) is 5.19 Å². The Hall–Kier alpha value is -1.68. The minimum Gasteiger partial charge on any atom is -0.394 e. The van der Waals surface area contributed by atoms with Gasteiger partial charge in [-0.15, -0.1) is 0 Å². The minimum absolute atomic E-state index is 0.370. The van der Waals surface area contributed by atoms with E-state index in [0.717, 1.165) is 4.88 Å². The number of nitrogens with zero attached hydrogens (tertiary/aromatic N) is 1. The first-order chi connectivity index (χ1) is 7.25. The Labute approximate surface area is 91.4 Å². The number of carbonyl (C=O) groups is 1. The van der Waals surface area contributed by atoms with E-state index in [-0.39, 0.29) is 5.97 Å². The van der Waals surface area contributed by atoms with Crippen molar-refractivity contribution in [2.75, 3.05) is 0 Å². The summed E-state index contributed by atoms with van der Waals surface area (Å²) in [6, 6.07) is 8.86. The Morgan fingerprint density at radius 2 is 2.07 bits per heavy atom. The fraction of sp³-hybridized carbons (Fsp3) is 0.0909. The lowest BCUT2D eigenvalue weighted by atomic mass is 10.2. The van der Waals surface area contributed by atoms with Crippen LogP contribution in [0.3, 0.4) is 0 Å². The molecule has 0 N–H and O–H groups in total. The highest BCUT2D eigenvalue weighted by Crippen LogP contribution is 2.20. The van der Waals surface area contributed by atoms with E-state index in [1.54, 1.807) is 30.5 Å². The summed E-state index contributed by atoms with van der Waals surface area (Å²) in [6.45, 7) is 1.91. The first-order valence-corrected chi connectivity index (χ1v) is 5.27. The van der Waals surface area contributed by atoms with E-state index in [2.05, 4.69) is 4.98 Å². The molecule has 0 amide bonds. The average molecular weight is 219 g/mol. The SMILES string of the molecule is Cc1cnc(OC(=O)c2ccccc2)s1. The van der Waals surface area contributed by atoms with E-state index in [4.69, 9.17) is 4.74 Å². The van der Waals surface area contributed by atoms with Crippen LogP contribution in [-0.4, -0.2) is 11.0 Å². The molecule has 0 saturated heterocycles. The molecule has 0 saturated carbocycles. The third-order valence-corrected chi connectivity index (χ3v) is 2.58. The van der Waals surface area contributed by atoms with Crippen LogP contribution < -0.4 is 4.74 Å². The lowest BCUT2D eigenvalue weighted by molar-refractivity contribution is 0.0734. The van der Waals surface area contributed by atoms with Gasteiger partial charge in [-0.2, -0.15) is 0 Å². The van der Waals surface area contributed by atoms with Crippen molar-refractivity contribution in [2.45, 2.75) is 6.92 Å². The third kappa shape index (κ3) is 2.41. The molecule has 0 atom stereocenters. The monoisotopic (exact) mass is 219 g/mol. The molecule has 76 valence electrons. The van der Waals surface area contributed by atoms with Gasteiger partial charge in [-0.05, 0) is 19.1 Å². The second-order valence-corrected chi connectivity index (χ2v) is 4.19. The Morgan fingerprint density at radius 1 is 1.33 bits per heavy atom. The van der Waals surface area contributed by atoms with Crippen molar-refractivity contribution < 1.29 is 9.53 Å². The number of ether oxygens (including phenoxy) is 1. The lowest BCUT2D eigenvalue weighted by Crippen LogP contribution is -2.07. The van der Waals surface area contributed by atoms with Crippen LogP contribution in [-0.2, 0) is 0 Å². The molecule has 3 nitrogen and oxygen atoms in total. The normalized spacial score (nSPS) is 9.93. The fourth-order valence-corrected chi connectivity index (χ4v) is 1.70. The van der Waals surface area contributed by atoms with E-state index in [1.165, 1.54) is 11.3 Å². The number of hydrogen-bond donors (Lipinski definition) is 0. The second kappa shape index (κ2) is 4.23. The van der Waals surface area contributed by atoms with Gasteiger partial charge in [-0.3, -0.25) is 0 Å². The van der Waals surface area contributed by atoms with Crippen molar-refractivity contribution in [2.24, 2.45) is 0 Å². The molecule has 0 bridgehead atoms.